The molecule has 0 fully saturated rings. The lowest BCUT2D eigenvalue weighted by atomic mass is 10.4. The number of ether oxygens (including phenoxy) is 2. The summed E-state index contributed by atoms with van der Waals surface area (Å²) in [6.07, 6.45) is -0.337. The third kappa shape index (κ3) is 3.02. The predicted molar refractivity (Wildman–Crippen MR) is 56.3 cm³/mol. The summed E-state index contributed by atoms with van der Waals surface area (Å²) < 4.78 is 10.2. The highest BCUT2D eigenvalue weighted by molar-refractivity contribution is 7.09. The number of nitrogens with zero attached hydrogens (tertiary/aromatic N) is 2. The van der Waals surface area contributed by atoms with Crippen molar-refractivity contribution in [2.24, 2.45) is 0 Å². The molecule has 1 heterocycles. The van der Waals surface area contributed by atoms with E-state index in [-0.39, 0.29) is 6.29 Å². The normalized spacial score (nSPS) is 11.6. The van der Waals surface area contributed by atoms with E-state index in [0.29, 0.717) is 0 Å². The van der Waals surface area contributed by atoms with Gasteiger partial charge < -0.3 is 14.4 Å². The second kappa shape index (κ2) is 5.41. The van der Waals surface area contributed by atoms with Crippen LogP contribution in [0, 0.1) is 0 Å². The van der Waals surface area contributed by atoms with Crippen molar-refractivity contribution in [3.63, 3.8) is 0 Å². The molecular formula is C9H16N2O2S. The van der Waals surface area contributed by atoms with E-state index < -0.39 is 0 Å². The van der Waals surface area contributed by atoms with E-state index in [2.05, 4.69) is 9.88 Å². The van der Waals surface area contributed by atoms with Crippen LogP contribution in [0.2, 0.25) is 0 Å². The molecule has 0 amide bonds. The van der Waals surface area contributed by atoms with Gasteiger partial charge in [-0.1, -0.05) is 0 Å². The van der Waals surface area contributed by atoms with Gasteiger partial charge in [0.2, 0.25) is 6.29 Å². The van der Waals surface area contributed by atoms with Gasteiger partial charge in [0, 0.05) is 26.1 Å². The highest BCUT2D eigenvalue weighted by atomic mass is 32.1. The molecule has 0 bridgehead atoms. The number of methoxy groups -OCH3 is 2. The minimum atomic E-state index is -0.337. The van der Waals surface area contributed by atoms with E-state index in [1.165, 1.54) is 0 Å². The highest BCUT2D eigenvalue weighted by Crippen LogP contribution is 2.21. The van der Waals surface area contributed by atoms with Crippen LogP contribution in [0.4, 0.5) is 0 Å². The maximum atomic E-state index is 5.12. The molecule has 0 saturated carbocycles. The molecule has 14 heavy (non-hydrogen) atoms. The van der Waals surface area contributed by atoms with E-state index >= 15 is 0 Å². The molecule has 1 aromatic rings. The number of aromatic nitrogens is 1. The van der Waals surface area contributed by atoms with Crippen LogP contribution in [0.5, 0.6) is 0 Å². The molecule has 1 rings (SSSR count). The van der Waals surface area contributed by atoms with Gasteiger partial charge >= 0.3 is 0 Å². The Kier molecular flexibility index (Phi) is 4.47. The molecule has 80 valence electrons. The molecule has 1 aromatic heterocycles. The Morgan fingerprint density at radius 2 is 2.07 bits per heavy atom. The minimum absolute atomic E-state index is 0.337. The monoisotopic (exact) mass is 216 g/mol. The number of hydrogen-bond donors (Lipinski definition) is 0. The van der Waals surface area contributed by atoms with Crippen molar-refractivity contribution in [2.45, 2.75) is 12.8 Å². The maximum absolute atomic E-state index is 5.12. The molecule has 0 saturated heterocycles. The van der Waals surface area contributed by atoms with Gasteiger partial charge in [0.1, 0.15) is 5.01 Å². The second-order valence-electron chi connectivity index (χ2n) is 3.22. The second-order valence-corrected chi connectivity index (χ2v) is 4.11. The van der Waals surface area contributed by atoms with E-state index in [4.69, 9.17) is 9.47 Å². The fourth-order valence-electron chi connectivity index (χ4n) is 1.13. The number of thiazole rings is 1. The fraction of sp³-hybridized carbons (Fsp3) is 0.667. The molecule has 4 nitrogen and oxygen atoms in total. The Morgan fingerprint density at radius 1 is 1.43 bits per heavy atom. The van der Waals surface area contributed by atoms with E-state index in [1.54, 1.807) is 25.6 Å². The lowest BCUT2D eigenvalue weighted by Crippen LogP contribution is -2.11. The summed E-state index contributed by atoms with van der Waals surface area (Å²) in [7, 11) is 7.26. The standard InChI is InChI=1S/C9H16N2O2S/c1-11(2)5-7-6-14-8(10-7)9(12-3)13-4/h6,9H,5H2,1-4H3. The van der Waals surface area contributed by atoms with Crippen LogP contribution in [0.1, 0.15) is 17.0 Å². The van der Waals surface area contributed by atoms with Crippen molar-refractivity contribution in [1.29, 1.82) is 0 Å². The molecule has 0 radical (unpaired) electrons. The van der Waals surface area contributed by atoms with Crippen LogP contribution in [0.25, 0.3) is 0 Å². The van der Waals surface area contributed by atoms with Crippen LogP contribution in [-0.4, -0.2) is 38.2 Å². The minimum Gasteiger partial charge on any atom is -0.350 e. The Balaban J connectivity index is 2.66. The summed E-state index contributed by atoms with van der Waals surface area (Å²) in [5.74, 6) is 0. The Hall–Kier alpha value is -0.490. The third-order valence-corrected chi connectivity index (χ3v) is 2.59. The molecule has 0 spiro atoms. The summed E-state index contributed by atoms with van der Waals surface area (Å²) in [5, 5.41) is 2.90. The first-order valence-corrected chi connectivity index (χ1v) is 5.20. The average Bonchev–Trinajstić information content (AvgIpc) is 2.54. The summed E-state index contributed by atoms with van der Waals surface area (Å²) >= 11 is 1.56. The number of rotatable bonds is 5. The Labute approximate surface area is 88.5 Å². The molecule has 0 atom stereocenters. The summed E-state index contributed by atoms with van der Waals surface area (Å²) in [5.41, 5.74) is 1.05. The number of hydrogen-bond acceptors (Lipinski definition) is 5. The van der Waals surface area contributed by atoms with Gasteiger partial charge in [0.05, 0.1) is 5.69 Å². The van der Waals surface area contributed by atoms with E-state index in [1.807, 2.05) is 19.5 Å². The molecule has 0 aliphatic rings. The first kappa shape index (κ1) is 11.6. The van der Waals surface area contributed by atoms with Gasteiger partial charge in [-0.05, 0) is 14.1 Å². The van der Waals surface area contributed by atoms with E-state index in [0.717, 1.165) is 17.2 Å². The van der Waals surface area contributed by atoms with Gasteiger partial charge in [-0.25, -0.2) is 4.98 Å². The lowest BCUT2D eigenvalue weighted by Gasteiger charge is -2.09. The predicted octanol–water partition coefficient (Wildman–Crippen LogP) is 1.50. The van der Waals surface area contributed by atoms with Crippen molar-refractivity contribution in [3.05, 3.63) is 16.1 Å². The summed E-state index contributed by atoms with van der Waals surface area (Å²) in [6, 6.07) is 0. The molecular weight excluding hydrogens is 200 g/mol. The van der Waals surface area contributed by atoms with Crippen molar-refractivity contribution in [1.82, 2.24) is 9.88 Å². The Morgan fingerprint density at radius 3 is 2.57 bits per heavy atom. The van der Waals surface area contributed by atoms with Crippen molar-refractivity contribution >= 4 is 11.3 Å². The van der Waals surface area contributed by atoms with Crippen LogP contribution < -0.4 is 0 Å². The largest absolute Gasteiger partial charge is 0.350 e. The van der Waals surface area contributed by atoms with Crippen molar-refractivity contribution in [3.8, 4) is 0 Å². The third-order valence-electron chi connectivity index (χ3n) is 1.68. The zero-order valence-corrected chi connectivity index (χ0v) is 9.80. The summed E-state index contributed by atoms with van der Waals surface area (Å²) in [4.78, 5) is 6.50. The van der Waals surface area contributed by atoms with E-state index in [9.17, 15) is 0 Å². The van der Waals surface area contributed by atoms with Gasteiger partial charge in [-0.3, -0.25) is 0 Å². The quantitative estimate of drug-likeness (QED) is 0.699. The Bertz CT molecular complexity index is 272. The molecule has 0 unspecified atom stereocenters. The van der Waals surface area contributed by atoms with Gasteiger partial charge in [0.25, 0.3) is 0 Å². The average molecular weight is 216 g/mol. The van der Waals surface area contributed by atoms with Gasteiger partial charge in [-0.15, -0.1) is 11.3 Å². The first-order chi connectivity index (χ1) is 6.67. The van der Waals surface area contributed by atoms with Gasteiger partial charge in [-0.2, -0.15) is 0 Å². The smallest absolute Gasteiger partial charge is 0.210 e. The zero-order valence-electron chi connectivity index (χ0n) is 8.98. The lowest BCUT2D eigenvalue weighted by molar-refractivity contribution is -0.106. The van der Waals surface area contributed by atoms with Crippen LogP contribution >= 0.6 is 11.3 Å². The van der Waals surface area contributed by atoms with Crippen molar-refractivity contribution < 1.29 is 9.47 Å². The van der Waals surface area contributed by atoms with Gasteiger partial charge in [0.15, 0.2) is 0 Å². The van der Waals surface area contributed by atoms with Crippen molar-refractivity contribution in [2.75, 3.05) is 28.3 Å². The molecule has 0 aromatic carbocycles. The summed E-state index contributed by atoms with van der Waals surface area (Å²) in [6.45, 7) is 0.844. The fourth-order valence-corrected chi connectivity index (χ4v) is 1.98. The topological polar surface area (TPSA) is 34.6 Å². The first-order valence-electron chi connectivity index (χ1n) is 4.32. The molecule has 0 N–H and O–H groups in total. The van der Waals surface area contributed by atoms with Crippen LogP contribution in [0.15, 0.2) is 5.38 Å². The molecule has 5 heteroatoms. The highest BCUT2D eigenvalue weighted by Gasteiger charge is 2.13. The molecule has 0 aliphatic carbocycles. The zero-order chi connectivity index (χ0) is 10.6. The van der Waals surface area contributed by atoms with Crippen LogP contribution in [0.3, 0.4) is 0 Å². The maximum Gasteiger partial charge on any atom is 0.210 e. The SMILES string of the molecule is COC(OC)c1nc(CN(C)C)cs1. The van der Waals surface area contributed by atoms with Crippen LogP contribution in [-0.2, 0) is 16.0 Å². The molecule has 0 aliphatic heterocycles.